The summed E-state index contributed by atoms with van der Waals surface area (Å²) in [6.07, 6.45) is -3.51. The summed E-state index contributed by atoms with van der Waals surface area (Å²) in [5.74, 6) is -0.260. The normalized spacial score (nSPS) is 11.7. The summed E-state index contributed by atoms with van der Waals surface area (Å²) in [4.78, 5) is 18.4. The van der Waals surface area contributed by atoms with Crippen LogP contribution >= 0.6 is 0 Å². The minimum atomic E-state index is -4.85. The van der Waals surface area contributed by atoms with E-state index in [1.165, 1.54) is 48.7 Å². The molecule has 13 heteroatoms. The van der Waals surface area contributed by atoms with Gasteiger partial charge in [-0.2, -0.15) is 22.0 Å². The first-order chi connectivity index (χ1) is 15.6. The highest BCUT2D eigenvalue weighted by Gasteiger charge is 2.39. The molecule has 0 fully saturated rings. The zero-order chi connectivity index (χ0) is 23.8. The molecule has 4 aromatic rings. The van der Waals surface area contributed by atoms with Crippen LogP contribution < -0.4 is 10.1 Å². The van der Waals surface area contributed by atoms with Crippen LogP contribution in [0.25, 0.3) is 17.0 Å². The molecule has 3 heterocycles. The molecule has 4 rings (SSSR count). The van der Waals surface area contributed by atoms with Gasteiger partial charge < -0.3 is 10.1 Å². The number of aromatic nitrogens is 3. The molecule has 0 atom stereocenters. The van der Waals surface area contributed by atoms with Gasteiger partial charge in [0, 0.05) is 18.0 Å². The van der Waals surface area contributed by atoms with Gasteiger partial charge in [0.15, 0.2) is 5.69 Å². The van der Waals surface area contributed by atoms with E-state index in [1.54, 1.807) is 0 Å². The van der Waals surface area contributed by atoms with Gasteiger partial charge in [-0.05, 0) is 36.4 Å². The zero-order valence-corrected chi connectivity index (χ0v) is 16.3. The smallest absolute Gasteiger partial charge is 0.435 e. The number of benzene rings is 1. The molecule has 1 N–H and O–H groups in total. The molecule has 0 saturated carbocycles. The third kappa shape index (κ3) is 4.66. The number of nitrogens with one attached hydrogen (secondary N) is 1. The Morgan fingerprint density at radius 1 is 1.06 bits per heavy atom. The van der Waals surface area contributed by atoms with Crippen LogP contribution in [0.3, 0.4) is 0 Å². The topological polar surface area (TPSA) is 94.6 Å². The van der Waals surface area contributed by atoms with Crippen LogP contribution in [0.4, 0.5) is 39.1 Å². The van der Waals surface area contributed by atoms with Crippen LogP contribution in [0, 0.1) is 10.1 Å². The van der Waals surface area contributed by atoms with E-state index in [0.29, 0.717) is 0 Å². The van der Waals surface area contributed by atoms with Crippen molar-refractivity contribution < 1.29 is 31.6 Å². The van der Waals surface area contributed by atoms with Crippen molar-refractivity contribution in [2.75, 3.05) is 5.32 Å². The lowest BCUT2D eigenvalue weighted by Gasteiger charge is -2.11. The predicted octanol–water partition coefficient (Wildman–Crippen LogP) is 5.67. The Morgan fingerprint density at radius 3 is 2.42 bits per heavy atom. The molecule has 3 aromatic heterocycles. The van der Waals surface area contributed by atoms with Crippen LogP contribution in [0.5, 0.6) is 5.75 Å². The summed E-state index contributed by atoms with van der Waals surface area (Å²) >= 11 is 0. The van der Waals surface area contributed by atoms with E-state index in [-0.39, 0.29) is 28.6 Å². The molecule has 0 aliphatic carbocycles. The summed E-state index contributed by atoms with van der Waals surface area (Å²) in [5.41, 5.74) is -2.30. The van der Waals surface area contributed by atoms with E-state index in [1.807, 2.05) is 0 Å². The predicted molar refractivity (Wildman–Crippen MR) is 106 cm³/mol. The molecule has 0 aliphatic rings. The van der Waals surface area contributed by atoms with Crippen molar-refractivity contribution in [3.05, 3.63) is 76.6 Å². The number of rotatable bonds is 6. The molecule has 170 valence electrons. The van der Waals surface area contributed by atoms with Crippen LogP contribution in [-0.2, 0) is 6.18 Å². The lowest BCUT2D eigenvalue weighted by atomic mass is 10.2. The van der Waals surface area contributed by atoms with E-state index in [0.717, 1.165) is 16.5 Å². The molecule has 0 bridgehead atoms. The SMILES string of the molecule is O=[N+]([O-])c1cc(Nc2ccc(OC(F)F)cc2)nc(-c2c(C(F)(F)F)nc3ccccn23)c1. The van der Waals surface area contributed by atoms with Gasteiger partial charge in [-0.15, -0.1) is 0 Å². The summed E-state index contributed by atoms with van der Waals surface area (Å²) in [6.45, 7) is -3.02. The van der Waals surface area contributed by atoms with Crippen molar-refractivity contribution in [3.8, 4) is 17.1 Å². The molecule has 8 nitrogen and oxygen atoms in total. The fraction of sp³-hybridized carbons (Fsp3) is 0.100. The van der Waals surface area contributed by atoms with Gasteiger partial charge in [0.05, 0.1) is 16.7 Å². The van der Waals surface area contributed by atoms with Crippen LogP contribution in [0.15, 0.2) is 60.8 Å². The van der Waals surface area contributed by atoms with Crippen molar-refractivity contribution in [3.63, 3.8) is 0 Å². The average molecular weight is 465 g/mol. The summed E-state index contributed by atoms with van der Waals surface area (Å²) < 4.78 is 71.0. The van der Waals surface area contributed by atoms with Crippen molar-refractivity contribution in [2.24, 2.45) is 0 Å². The highest BCUT2D eigenvalue weighted by atomic mass is 19.4. The van der Waals surface area contributed by atoms with Crippen molar-refractivity contribution >= 4 is 22.8 Å². The Bertz CT molecular complexity index is 1320. The molecule has 0 spiro atoms. The summed E-state index contributed by atoms with van der Waals surface area (Å²) in [7, 11) is 0. The molecule has 1 aromatic carbocycles. The fourth-order valence-electron chi connectivity index (χ4n) is 3.11. The monoisotopic (exact) mass is 465 g/mol. The lowest BCUT2D eigenvalue weighted by Crippen LogP contribution is -2.09. The zero-order valence-electron chi connectivity index (χ0n) is 16.3. The number of nitro groups is 1. The van der Waals surface area contributed by atoms with Crippen LogP contribution in [-0.4, -0.2) is 25.9 Å². The number of alkyl halides is 5. The minimum Gasteiger partial charge on any atom is -0.435 e. The Balaban J connectivity index is 1.81. The van der Waals surface area contributed by atoms with Gasteiger partial charge in [0.1, 0.15) is 22.9 Å². The lowest BCUT2D eigenvalue weighted by molar-refractivity contribution is -0.384. The maximum absolute atomic E-state index is 13.7. The molecule has 0 radical (unpaired) electrons. The first-order valence-corrected chi connectivity index (χ1v) is 9.15. The second kappa shape index (κ2) is 8.33. The number of halogens is 5. The second-order valence-corrected chi connectivity index (χ2v) is 6.62. The number of anilines is 2. The van der Waals surface area contributed by atoms with Crippen molar-refractivity contribution in [1.82, 2.24) is 14.4 Å². The van der Waals surface area contributed by atoms with E-state index in [2.05, 4.69) is 20.0 Å². The van der Waals surface area contributed by atoms with E-state index >= 15 is 0 Å². The van der Waals surface area contributed by atoms with Crippen LogP contribution in [0.2, 0.25) is 0 Å². The number of hydrogen-bond acceptors (Lipinski definition) is 6. The van der Waals surface area contributed by atoms with Gasteiger partial charge in [0.2, 0.25) is 0 Å². The largest absolute Gasteiger partial charge is 0.435 e. The number of ether oxygens (including phenoxy) is 1. The van der Waals surface area contributed by atoms with Gasteiger partial charge >= 0.3 is 12.8 Å². The van der Waals surface area contributed by atoms with Gasteiger partial charge in [0.25, 0.3) is 5.69 Å². The molecule has 0 amide bonds. The summed E-state index contributed by atoms with van der Waals surface area (Å²) in [6, 6.07) is 11.4. The molecular formula is C20H12F5N5O3. The van der Waals surface area contributed by atoms with Gasteiger partial charge in [-0.25, -0.2) is 9.97 Å². The Hall–Kier alpha value is -4.29. The molecule has 0 unspecified atom stereocenters. The van der Waals surface area contributed by atoms with Crippen LogP contribution in [0.1, 0.15) is 5.69 Å². The molecule has 0 aliphatic heterocycles. The van der Waals surface area contributed by atoms with E-state index < -0.39 is 34.8 Å². The van der Waals surface area contributed by atoms with Gasteiger partial charge in [-0.1, -0.05) is 6.07 Å². The van der Waals surface area contributed by atoms with Crippen molar-refractivity contribution in [2.45, 2.75) is 12.8 Å². The maximum Gasteiger partial charge on any atom is 0.435 e. The number of hydrogen-bond donors (Lipinski definition) is 1. The Kier molecular flexibility index (Phi) is 5.54. The first kappa shape index (κ1) is 21.9. The molecule has 33 heavy (non-hydrogen) atoms. The average Bonchev–Trinajstić information content (AvgIpc) is 3.15. The first-order valence-electron chi connectivity index (χ1n) is 9.15. The van der Waals surface area contributed by atoms with Gasteiger partial charge in [-0.3, -0.25) is 14.5 Å². The number of fused-ring (bicyclic) bond motifs is 1. The van der Waals surface area contributed by atoms with E-state index in [4.69, 9.17) is 0 Å². The second-order valence-electron chi connectivity index (χ2n) is 6.62. The Labute approximate surface area is 181 Å². The summed E-state index contributed by atoms with van der Waals surface area (Å²) in [5, 5.41) is 14.2. The fourth-order valence-corrected chi connectivity index (χ4v) is 3.11. The highest BCUT2D eigenvalue weighted by molar-refractivity contribution is 5.70. The number of imidazole rings is 1. The quantitative estimate of drug-likeness (QED) is 0.224. The third-order valence-electron chi connectivity index (χ3n) is 4.41. The maximum atomic E-state index is 13.7. The highest BCUT2D eigenvalue weighted by Crippen LogP contribution is 2.38. The molecule has 0 saturated heterocycles. The third-order valence-corrected chi connectivity index (χ3v) is 4.41. The molecular weight excluding hydrogens is 453 g/mol. The standard InChI is InChI=1S/C20H12F5N5O3/c21-19(22)33-13-6-4-11(5-7-13)26-15-10-12(30(31)32)9-14(27-15)17-18(20(23,24)25)28-16-3-1-2-8-29(16)17/h1-10,19H,(H,26,27). The van der Waals surface area contributed by atoms with Crippen molar-refractivity contribution in [1.29, 1.82) is 0 Å². The van der Waals surface area contributed by atoms with E-state index in [9.17, 15) is 32.1 Å². The number of nitrogens with zero attached hydrogens (tertiary/aromatic N) is 4. The minimum absolute atomic E-state index is 0.0164. The Morgan fingerprint density at radius 2 is 1.79 bits per heavy atom. The number of pyridine rings is 2.